The molecule has 1 atom stereocenters. The molecule has 1 amide bonds. The van der Waals surface area contributed by atoms with Gasteiger partial charge in [0, 0.05) is 69.0 Å². The van der Waals surface area contributed by atoms with Crippen LogP contribution in [0.4, 0.5) is 5.69 Å². The molecule has 2 fully saturated rings. The van der Waals surface area contributed by atoms with Gasteiger partial charge in [-0.3, -0.25) is 9.59 Å². The molecular formula is C37H47N3O6. The first kappa shape index (κ1) is 34.7. The third-order valence-electron chi connectivity index (χ3n) is 7.88. The van der Waals surface area contributed by atoms with Crippen LogP contribution in [0.3, 0.4) is 0 Å². The topological polar surface area (TPSA) is 98.3 Å². The highest BCUT2D eigenvalue weighted by molar-refractivity contribution is 5.87. The Morgan fingerprint density at radius 3 is 2.39 bits per heavy atom. The molecule has 0 saturated carbocycles. The SMILES string of the molecule is CC(C)COC(=O)/C=C/c1ccc(C#Cc2ccc(N3CCN(C(=O)CCCCCCC(=O)OC4CCCCO4)CC3)cc2)nc1. The van der Waals surface area contributed by atoms with Crippen molar-refractivity contribution in [2.24, 2.45) is 5.92 Å². The first-order chi connectivity index (χ1) is 22.4. The summed E-state index contributed by atoms with van der Waals surface area (Å²) in [6, 6.07) is 11.8. The number of carbonyl (C=O) groups is 3. The van der Waals surface area contributed by atoms with Gasteiger partial charge >= 0.3 is 11.9 Å². The molecule has 2 aliphatic heterocycles. The maximum Gasteiger partial charge on any atom is 0.330 e. The van der Waals surface area contributed by atoms with Crippen molar-refractivity contribution in [3.8, 4) is 11.8 Å². The van der Waals surface area contributed by atoms with E-state index in [2.05, 4.69) is 33.9 Å². The molecule has 3 heterocycles. The minimum atomic E-state index is -0.365. The van der Waals surface area contributed by atoms with E-state index in [0.29, 0.717) is 50.8 Å². The average Bonchev–Trinajstić information content (AvgIpc) is 3.08. The Balaban J connectivity index is 1.11. The van der Waals surface area contributed by atoms with E-state index >= 15 is 0 Å². The van der Waals surface area contributed by atoms with Gasteiger partial charge in [0.2, 0.25) is 12.2 Å². The van der Waals surface area contributed by atoms with Crippen molar-refractivity contribution in [2.45, 2.75) is 77.9 Å². The molecular weight excluding hydrogens is 582 g/mol. The second-order valence-electron chi connectivity index (χ2n) is 12.2. The summed E-state index contributed by atoms with van der Waals surface area (Å²) in [7, 11) is 0. The van der Waals surface area contributed by atoms with Gasteiger partial charge in [-0.05, 0) is 79.5 Å². The summed E-state index contributed by atoms with van der Waals surface area (Å²) in [6.45, 7) is 8.07. The number of hydrogen-bond acceptors (Lipinski definition) is 8. The van der Waals surface area contributed by atoms with E-state index in [1.165, 1.54) is 6.08 Å². The number of nitrogens with zero attached hydrogens (tertiary/aromatic N) is 3. The van der Waals surface area contributed by atoms with Gasteiger partial charge in [0.25, 0.3) is 0 Å². The van der Waals surface area contributed by atoms with Crippen molar-refractivity contribution >= 4 is 29.6 Å². The van der Waals surface area contributed by atoms with Crippen molar-refractivity contribution in [1.82, 2.24) is 9.88 Å². The summed E-state index contributed by atoms with van der Waals surface area (Å²) in [4.78, 5) is 45.1. The summed E-state index contributed by atoms with van der Waals surface area (Å²) in [5.41, 5.74) is 3.46. The Labute approximate surface area is 273 Å². The standard InChI is InChI=1S/C37H47N3O6/c1-29(2)28-45-35(42)21-16-31-13-18-32(38-27-31)17-12-30-14-19-33(20-15-30)39-22-24-40(25-23-39)34(41)9-5-3-4-6-10-36(43)46-37-11-7-8-26-44-37/h13-16,18-21,27,29,37H,3-11,22-26,28H2,1-2H3/b21-16+. The number of rotatable bonds is 13. The molecule has 246 valence electrons. The zero-order valence-electron chi connectivity index (χ0n) is 27.2. The van der Waals surface area contributed by atoms with Crippen molar-refractivity contribution in [3.63, 3.8) is 0 Å². The molecule has 0 bridgehead atoms. The predicted molar refractivity (Wildman–Crippen MR) is 178 cm³/mol. The quantitative estimate of drug-likeness (QED) is 0.120. The van der Waals surface area contributed by atoms with Gasteiger partial charge in [-0.15, -0.1) is 0 Å². The molecule has 1 aromatic heterocycles. The summed E-state index contributed by atoms with van der Waals surface area (Å²) >= 11 is 0. The lowest BCUT2D eigenvalue weighted by atomic mass is 10.1. The molecule has 0 radical (unpaired) electrons. The van der Waals surface area contributed by atoms with E-state index in [1.54, 1.807) is 12.3 Å². The van der Waals surface area contributed by atoms with Gasteiger partial charge in [-0.2, -0.15) is 0 Å². The highest BCUT2D eigenvalue weighted by Gasteiger charge is 2.21. The van der Waals surface area contributed by atoms with Crippen LogP contribution in [0.5, 0.6) is 0 Å². The highest BCUT2D eigenvalue weighted by Crippen LogP contribution is 2.19. The van der Waals surface area contributed by atoms with Gasteiger partial charge in [-0.25, -0.2) is 9.78 Å². The molecule has 0 spiro atoms. The van der Waals surface area contributed by atoms with Crippen LogP contribution in [0.25, 0.3) is 6.08 Å². The largest absolute Gasteiger partial charge is 0.462 e. The van der Waals surface area contributed by atoms with Crippen LogP contribution in [-0.4, -0.2) is 73.4 Å². The second kappa shape index (κ2) is 18.7. The van der Waals surface area contributed by atoms with E-state index in [4.69, 9.17) is 14.2 Å². The van der Waals surface area contributed by atoms with Crippen molar-refractivity contribution in [3.05, 3.63) is 65.5 Å². The summed E-state index contributed by atoms with van der Waals surface area (Å²) < 4.78 is 16.0. The van der Waals surface area contributed by atoms with E-state index in [-0.39, 0.29) is 24.1 Å². The minimum absolute atomic E-state index is 0.185. The molecule has 2 aromatic rings. The molecule has 0 aliphatic carbocycles. The Morgan fingerprint density at radius 2 is 1.72 bits per heavy atom. The lowest BCUT2D eigenvalue weighted by molar-refractivity contribution is -0.186. The van der Waals surface area contributed by atoms with Crippen LogP contribution in [0.15, 0.2) is 48.7 Å². The fraction of sp³-hybridized carbons (Fsp3) is 0.514. The number of amides is 1. The number of piperazine rings is 1. The molecule has 46 heavy (non-hydrogen) atoms. The van der Waals surface area contributed by atoms with E-state index < -0.39 is 0 Å². The number of benzene rings is 1. The van der Waals surface area contributed by atoms with Crippen molar-refractivity contribution in [2.75, 3.05) is 44.3 Å². The molecule has 9 heteroatoms. The first-order valence-electron chi connectivity index (χ1n) is 16.6. The van der Waals surface area contributed by atoms with Crippen LogP contribution in [0, 0.1) is 17.8 Å². The Bertz CT molecular complexity index is 1350. The fourth-order valence-corrected chi connectivity index (χ4v) is 5.21. The maximum absolute atomic E-state index is 12.7. The van der Waals surface area contributed by atoms with Gasteiger partial charge in [-0.1, -0.05) is 38.7 Å². The number of esters is 2. The normalized spacial score (nSPS) is 16.6. The zero-order valence-corrected chi connectivity index (χ0v) is 27.2. The van der Waals surface area contributed by atoms with Crippen molar-refractivity contribution in [1.29, 1.82) is 0 Å². The summed E-state index contributed by atoms with van der Waals surface area (Å²) in [5, 5.41) is 0. The second-order valence-corrected chi connectivity index (χ2v) is 12.2. The maximum atomic E-state index is 12.7. The fourth-order valence-electron chi connectivity index (χ4n) is 5.21. The first-order valence-corrected chi connectivity index (χ1v) is 16.6. The van der Waals surface area contributed by atoms with Gasteiger partial charge < -0.3 is 24.0 Å². The Kier molecular flexibility index (Phi) is 14.1. The smallest absolute Gasteiger partial charge is 0.330 e. The molecule has 0 N–H and O–H groups in total. The third-order valence-corrected chi connectivity index (χ3v) is 7.88. The van der Waals surface area contributed by atoms with E-state index in [1.807, 2.05) is 43.0 Å². The molecule has 1 aromatic carbocycles. The summed E-state index contributed by atoms with van der Waals surface area (Å²) in [5.74, 6) is 6.21. The molecule has 2 aliphatic rings. The van der Waals surface area contributed by atoms with Crippen LogP contribution in [-0.2, 0) is 28.6 Å². The monoisotopic (exact) mass is 629 g/mol. The minimum Gasteiger partial charge on any atom is -0.462 e. The average molecular weight is 630 g/mol. The van der Waals surface area contributed by atoms with E-state index in [0.717, 1.165) is 74.8 Å². The van der Waals surface area contributed by atoms with Crippen molar-refractivity contribution < 1.29 is 28.6 Å². The number of carbonyl (C=O) groups excluding carboxylic acids is 3. The number of unbranched alkanes of at least 4 members (excludes halogenated alkanes) is 3. The molecule has 9 nitrogen and oxygen atoms in total. The number of anilines is 1. The predicted octanol–water partition coefficient (Wildman–Crippen LogP) is 5.75. The van der Waals surface area contributed by atoms with Gasteiger partial charge in [0.05, 0.1) is 13.2 Å². The van der Waals surface area contributed by atoms with Gasteiger partial charge in [0.1, 0.15) is 5.69 Å². The lowest BCUT2D eigenvalue weighted by Crippen LogP contribution is -2.48. The van der Waals surface area contributed by atoms with Crippen LogP contribution in [0.1, 0.15) is 88.5 Å². The lowest BCUT2D eigenvalue weighted by Gasteiger charge is -2.36. The number of ether oxygens (including phenoxy) is 3. The van der Waals surface area contributed by atoms with Crippen LogP contribution in [0.2, 0.25) is 0 Å². The number of hydrogen-bond donors (Lipinski definition) is 0. The summed E-state index contributed by atoms with van der Waals surface area (Å²) in [6.07, 6.45) is 11.7. The van der Waals surface area contributed by atoms with Crippen LogP contribution < -0.4 is 4.90 Å². The van der Waals surface area contributed by atoms with E-state index in [9.17, 15) is 14.4 Å². The van der Waals surface area contributed by atoms with Crippen LogP contribution >= 0.6 is 0 Å². The highest BCUT2D eigenvalue weighted by atomic mass is 16.7. The third kappa shape index (κ3) is 12.3. The number of aromatic nitrogens is 1. The molecule has 2 saturated heterocycles. The Morgan fingerprint density at radius 1 is 0.957 bits per heavy atom. The number of pyridine rings is 1. The molecule has 4 rings (SSSR count). The van der Waals surface area contributed by atoms with Gasteiger partial charge in [0.15, 0.2) is 0 Å². The zero-order chi connectivity index (χ0) is 32.6. The Hall–Kier alpha value is -4.16. The molecule has 1 unspecified atom stereocenters.